The number of aliphatic hydroxyl groups is 1. The fourth-order valence-electron chi connectivity index (χ4n) is 9.11. The van der Waals surface area contributed by atoms with Crippen molar-refractivity contribution in [3.05, 3.63) is 92.0 Å². The lowest BCUT2D eigenvalue weighted by molar-refractivity contribution is -0.141. The Kier molecular flexibility index (Phi) is 9.43. The van der Waals surface area contributed by atoms with Gasteiger partial charge >= 0.3 is 5.97 Å². The number of carbonyl (C=O) groups is 1. The number of oxazole rings is 1. The van der Waals surface area contributed by atoms with Crippen molar-refractivity contribution in [3.63, 3.8) is 0 Å². The van der Waals surface area contributed by atoms with Crippen molar-refractivity contribution in [2.45, 2.75) is 63.3 Å². The van der Waals surface area contributed by atoms with E-state index in [1.54, 1.807) is 7.11 Å². The molecular weight excluding hydrogens is 741 g/mol. The van der Waals surface area contributed by atoms with Gasteiger partial charge in [0.1, 0.15) is 28.3 Å². The third-order valence-electron chi connectivity index (χ3n) is 11.8. The molecule has 0 saturated carbocycles. The minimum atomic E-state index is -0.761. The largest absolute Gasteiger partial charge is 0.481 e. The van der Waals surface area contributed by atoms with Gasteiger partial charge < -0.3 is 24.1 Å². The van der Waals surface area contributed by atoms with Crippen LogP contribution in [0.1, 0.15) is 71.2 Å². The summed E-state index contributed by atoms with van der Waals surface area (Å²) in [7, 11) is 1.58. The van der Waals surface area contributed by atoms with Gasteiger partial charge in [-0.2, -0.15) is 10.2 Å². The van der Waals surface area contributed by atoms with Gasteiger partial charge in [-0.15, -0.1) is 0 Å². The highest BCUT2D eigenvalue weighted by atomic mass is 35.5. The monoisotopic (exact) mass is 779 g/mol. The van der Waals surface area contributed by atoms with Gasteiger partial charge in [0.05, 0.1) is 29.7 Å². The van der Waals surface area contributed by atoms with E-state index in [0.717, 1.165) is 77.6 Å². The van der Waals surface area contributed by atoms with E-state index in [1.807, 2.05) is 36.4 Å². The Bertz CT molecular complexity index is 2390. The van der Waals surface area contributed by atoms with Crippen molar-refractivity contribution in [1.29, 1.82) is 5.26 Å². The highest BCUT2D eigenvalue weighted by molar-refractivity contribution is 6.36. The van der Waals surface area contributed by atoms with Gasteiger partial charge in [0, 0.05) is 43.3 Å². The highest BCUT2D eigenvalue weighted by Crippen LogP contribution is 2.47. The molecule has 0 bridgehead atoms. The molecule has 2 saturated heterocycles. The molecular formula is C42H39Cl2N5O6. The van der Waals surface area contributed by atoms with E-state index in [2.05, 4.69) is 33.0 Å². The van der Waals surface area contributed by atoms with Crippen LogP contribution in [0.4, 0.5) is 0 Å². The van der Waals surface area contributed by atoms with Gasteiger partial charge in [-0.05, 0) is 91.1 Å². The topological polar surface area (TPSA) is 145 Å². The lowest BCUT2D eigenvalue weighted by Gasteiger charge is -2.24. The van der Waals surface area contributed by atoms with Gasteiger partial charge in [-0.3, -0.25) is 14.6 Å². The first-order chi connectivity index (χ1) is 26.7. The summed E-state index contributed by atoms with van der Waals surface area (Å²) in [6.45, 7) is 3.18. The number of halogens is 2. The second-order valence-corrected chi connectivity index (χ2v) is 15.8. The Morgan fingerprint density at radius 2 is 1.76 bits per heavy atom. The minimum absolute atomic E-state index is 0.0414. The van der Waals surface area contributed by atoms with Crippen molar-refractivity contribution < 1.29 is 28.9 Å². The second-order valence-electron chi connectivity index (χ2n) is 15.0. The van der Waals surface area contributed by atoms with Crippen LogP contribution in [-0.2, 0) is 24.2 Å². The van der Waals surface area contributed by atoms with Crippen molar-refractivity contribution >= 4 is 40.3 Å². The quantitative estimate of drug-likeness (QED) is 0.151. The number of β-amino-alcohol motifs (C(OH)–C–C–N with tert-alkyl or cyclic N) is 1. The SMILES string of the molecule is COc1nc(O[C@H]2CCc3c(-c4cccc(-c5nc6cc7c(c(C#N)c6o5)CC[C@H]7N5CC[C@@H](C(=O)O)C5)c4Cl)cccc32)c(Cl)cc1CN1CC[C@@H](O)C1. The van der Waals surface area contributed by atoms with Crippen molar-refractivity contribution in [2.75, 3.05) is 33.3 Å². The van der Waals surface area contributed by atoms with E-state index in [-0.39, 0.29) is 24.2 Å². The standard InChI is InChI=1S/C42H39Cl2N5O6/c1-53-39-23(19-48-14-13-24(50)21-48)16-33(43)41(47-39)54-36-11-9-26-25(4-2-5-28(26)36)29-6-3-7-30(37(29)44)40-46-34-17-31-27(32(18-45)38(34)55-40)8-10-35(31)49-15-12-22(20-49)42(51)52/h2-7,16-17,22,24,35-36,50H,8-15,19-21H2,1H3,(H,51,52)/t22-,24-,35-,36+/m1/s1. The van der Waals surface area contributed by atoms with Gasteiger partial charge in [0.2, 0.25) is 17.7 Å². The number of fused-ring (bicyclic) bond motifs is 3. The number of aliphatic carboxylic acids is 1. The Morgan fingerprint density at radius 1 is 0.964 bits per heavy atom. The van der Waals surface area contributed by atoms with Crippen LogP contribution in [0.25, 0.3) is 33.7 Å². The summed E-state index contributed by atoms with van der Waals surface area (Å²) in [5.41, 5.74) is 8.91. The molecule has 2 N–H and O–H groups in total. The second kappa shape index (κ2) is 14.4. The van der Waals surface area contributed by atoms with Crippen molar-refractivity contribution in [3.8, 4) is 40.4 Å². The highest BCUT2D eigenvalue weighted by Gasteiger charge is 2.38. The number of pyridine rings is 1. The number of nitrogens with zero attached hydrogens (tertiary/aromatic N) is 5. The summed E-state index contributed by atoms with van der Waals surface area (Å²) in [4.78, 5) is 25.6. The molecule has 0 spiro atoms. The number of aliphatic hydroxyl groups excluding tert-OH is 1. The molecule has 5 aromatic rings. The summed E-state index contributed by atoms with van der Waals surface area (Å²) in [6.07, 6.45) is 3.77. The van der Waals surface area contributed by atoms with Crippen LogP contribution >= 0.6 is 23.2 Å². The van der Waals surface area contributed by atoms with E-state index in [1.165, 1.54) is 0 Å². The van der Waals surface area contributed by atoms with Crippen LogP contribution in [0, 0.1) is 17.2 Å². The molecule has 0 unspecified atom stereocenters. The molecule has 0 amide bonds. The maximum atomic E-state index is 11.7. The number of aromatic nitrogens is 2. The smallest absolute Gasteiger partial charge is 0.307 e. The molecule has 282 valence electrons. The van der Waals surface area contributed by atoms with Crippen LogP contribution in [0.3, 0.4) is 0 Å². The van der Waals surface area contributed by atoms with Crippen LogP contribution in [-0.4, -0.2) is 75.3 Å². The molecule has 2 aliphatic carbocycles. The van der Waals surface area contributed by atoms with Gasteiger partial charge in [-0.1, -0.05) is 53.5 Å². The zero-order chi connectivity index (χ0) is 38.0. The fourth-order valence-corrected chi connectivity index (χ4v) is 9.63. The van der Waals surface area contributed by atoms with E-state index in [0.29, 0.717) is 82.5 Å². The van der Waals surface area contributed by atoms with Gasteiger partial charge in [0.15, 0.2) is 5.58 Å². The molecule has 3 aromatic carbocycles. The number of hydrogen-bond donors (Lipinski definition) is 2. The molecule has 9 rings (SSSR count). The third kappa shape index (κ3) is 6.40. The number of ether oxygens (including phenoxy) is 2. The van der Waals surface area contributed by atoms with Crippen molar-refractivity contribution in [1.82, 2.24) is 19.8 Å². The molecule has 4 atom stereocenters. The maximum Gasteiger partial charge on any atom is 0.307 e. The normalized spacial score (nSPS) is 22.2. The number of rotatable bonds is 9. The Hall–Kier alpha value is -4.70. The van der Waals surface area contributed by atoms with Crippen molar-refractivity contribution in [2.24, 2.45) is 5.92 Å². The molecule has 0 radical (unpaired) electrons. The maximum absolute atomic E-state index is 11.7. The molecule has 2 aliphatic heterocycles. The van der Waals surface area contributed by atoms with Crippen LogP contribution in [0.15, 0.2) is 52.9 Å². The summed E-state index contributed by atoms with van der Waals surface area (Å²) in [6, 6.07) is 18.2. The van der Waals surface area contributed by atoms with E-state index < -0.39 is 5.97 Å². The lowest BCUT2D eigenvalue weighted by atomic mass is 9.95. The number of nitriles is 1. The Balaban J connectivity index is 1.000. The number of carboxylic acids is 1. The zero-order valence-corrected chi connectivity index (χ0v) is 31.7. The molecule has 2 aromatic heterocycles. The minimum Gasteiger partial charge on any atom is -0.481 e. The van der Waals surface area contributed by atoms with Crippen LogP contribution in [0.2, 0.25) is 10.0 Å². The van der Waals surface area contributed by atoms with E-state index in [4.69, 9.17) is 42.1 Å². The molecule has 55 heavy (non-hydrogen) atoms. The summed E-state index contributed by atoms with van der Waals surface area (Å²) in [5, 5.41) is 30.8. The summed E-state index contributed by atoms with van der Waals surface area (Å²) >= 11 is 14.0. The van der Waals surface area contributed by atoms with E-state index in [9.17, 15) is 20.3 Å². The Morgan fingerprint density at radius 3 is 2.53 bits per heavy atom. The first-order valence-corrected chi connectivity index (χ1v) is 19.5. The zero-order valence-electron chi connectivity index (χ0n) is 30.2. The molecule has 2 fully saturated rings. The third-order valence-corrected chi connectivity index (χ3v) is 12.5. The molecule has 4 heterocycles. The molecule has 11 nitrogen and oxygen atoms in total. The summed E-state index contributed by atoms with van der Waals surface area (Å²) < 4.78 is 18.5. The first-order valence-electron chi connectivity index (χ1n) is 18.8. The van der Waals surface area contributed by atoms with E-state index >= 15 is 0 Å². The number of hydrogen-bond acceptors (Lipinski definition) is 10. The molecule has 13 heteroatoms. The number of carboxylic acid groups (broad SMARTS) is 1. The number of methoxy groups -OCH3 is 1. The predicted octanol–water partition coefficient (Wildman–Crippen LogP) is 7.77. The lowest BCUT2D eigenvalue weighted by Crippen LogP contribution is -2.26. The number of benzene rings is 3. The first kappa shape index (κ1) is 36.0. The van der Waals surface area contributed by atoms with Crippen LogP contribution < -0.4 is 9.47 Å². The average molecular weight is 781 g/mol. The predicted molar refractivity (Wildman–Crippen MR) is 206 cm³/mol. The fraction of sp³-hybridized carbons (Fsp3) is 0.381. The summed E-state index contributed by atoms with van der Waals surface area (Å²) in [5.74, 6) is -0.0499. The van der Waals surface area contributed by atoms with Crippen LogP contribution in [0.5, 0.6) is 11.8 Å². The van der Waals surface area contributed by atoms with Gasteiger partial charge in [0.25, 0.3) is 0 Å². The molecule has 4 aliphatic rings. The van der Waals surface area contributed by atoms with Gasteiger partial charge in [-0.25, -0.2) is 4.98 Å². The Labute approximate surface area is 328 Å². The average Bonchev–Trinajstić information content (AvgIpc) is 4.03. The number of likely N-dealkylation sites (tertiary alicyclic amines) is 2.